The van der Waals surface area contributed by atoms with Crippen LogP contribution in [0.3, 0.4) is 0 Å². The summed E-state index contributed by atoms with van der Waals surface area (Å²) in [4.78, 5) is 22.4. The van der Waals surface area contributed by atoms with Crippen molar-refractivity contribution in [2.45, 2.75) is 25.3 Å². The molecule has 0 aliphatic carbocycles. The first-order chi connectivity index (χ1) is 9.16. The van der Waals surface area contributed by atoms with E-state index in [0.29, 0.717) is 13.0 Å². The molecule has 1 aliphatic heterocycles. The van der Waals surface area contributed by atoms with Crippen LogP contribution < -0.4 is 10.6 Å². The van der Waals surface area contributed by atoms with Gasteiger partial charge in [-0.25, -0.2) is 4.79 Å². The largest absolute Gasteiger partial charge is 0.478 e. The summed E-state index contributed by atoms with van der Waals surface area (Å²) in [5.74, 6) is -0.869. The van der Waals surface area contributed by atoms with Gasteiger partial charge in [-0.15, -0.1) is 0 Å². The van der Waals surface area contributed by atoms with Gasteiger partial charge in [0.15, 0.2) is 0 Å². The van der Waals surface area contributed by atoms with Crippen LogP contribution in [0, 0.1) is 0 Å². The van der Waals surface area contributed by atoms with E-state index in [9.17, 15) is 9.59 Å². The molecule has 2 rings (SSSR count). The second-order valence-electron chi connectivity index (χ2n) is 4.69. The van der Waals surface area contributed by atoms with Crippen LogP contribution in [0.25, 0.3) is 0 Å². The Kier molecular flexibility index (Phi) is 4.52. The van der Waals surface area contributed by atoms with E-state index < -0.39 is 5.97 Å². The number of rotatable bonds is 5. The lowest BCUT2D eigenvalue weighted by molar-refractivity contribution is -0.122. The van der Waals surface area contributed by atoms with Crippen LogP contribution in [-0.4, -0.2) is 36.1 Å². The minimum absolute atomic E-state index is 0.0469. The fourth-order valence-corrected chi connectivity index (χ4v) is 2.18. The maximum atomic E-state index is 11.7. The highest BCUT2D eigenvalue weighted by atomic mass is 16.4. The number of benzene rings is 1. The molecule has 1 amide bonds. The Balaban J connectivity index is 1.75. The number of aromatic carboxylic acids is 1. The Bertz CT molecular complexity index is 450. The number of carboxylic acid groups (broad SMARTS) is 1. The number of amides is 1. The van der Waals surface area contributed by atoms with Gasteiger partial charge in [-0.3, -0.25) is 4.79 Å². The zero-order chi connectivity index (χ0) is 13.7. The van der Waals surface area contributed by atoms with Gasteiger partial charge < -0.3 is 15.7 Å². The second-order valence-corrected chi connectivity index (χ2v) is 4.69. The zero-order valence-corrected chi connectivity index (χ0v) is 10.7. The van der Waals surface area contributed by atoms with Crippen LogP contribution in [0.15, 0.2) is 24.3 Å². The fraction of sp³-hybridized carbons (Fsp3) is 0.429. The normalized spacial score (nSPS) is 18.2. The van der Waals surface area contributed by atoms with Crippen LogP contribution in [0.4, 0.5) is 0 Å². The highest BCUT2D eigenvalue weighted by Crippen LogP contribution is 2.06. The highest BCUT2D eigenvalue weighted by Gasteiger charge is 2.21. The van der Waals surface area contributed by atoms with Crippen molar-refractivity contribution in [3.8, 4) is 0 Å². The summed E-state index contributed by atoms with van der Waals surface area (Å²) >= 11 is 0. The van der Waals surface area contributed by atoms with Gasteiger partial charge >= 0.3 is 5.97 Å². The lowest BCUT2D eigenvalue weighted by Gasteiger charge is -2.10. The summed E-state index contributed by atoms with van der Waals surface area (Å²) in [7, 11) is 0. The van der Waals surface area contributed by atoms with Gasteiger partial charge in [-0.1, -0.05) is 12.1 Å². The topological polar surface area (TPSA) is 78.4 Å². The molecule has 0 saturated carbocycles. The Morgan fingerprint density at radius 2 is 2.05 bits per heavy atom. The van der Waals surface area contributed by atoms with E-state index in [0.717, 1.165) is 24.9 Å². The van der Waals surface area contributed by atoms with Crippen LogP contribution in [0.1, 0.15) is 28.8 Å². The quantitative estimate of drug-likeness (QED) is 0.733. The predicted molar refractivity (Wildman–Crippen MR) is 71.1 cm³/mol. The van der Waals surface area contributed by atoms with E-state index >= 15 is 0 Å². The van der Waals surface area contributed by atoms with Crippen LogP contribution in [0.5, 0.6) is 0 Å². The molecule has 0 bridgehead atoms. The van der Waals surface area contributed by atoms with Crippen molar-refractivity contribution in [3.63, 3.8) is 0 Å². The van der Waals surface area contributed by atoms with Gasteiger partial charge in [-0.2, -0.15) is 0 Å². The zero-order valence-electron chi connectivity index (χ0n) is 10.7. The molecule has 1 saturated heterocycles. The minimum Gasteiger partial charge on any atom is -0.478 e. The summed E-state index contributed by atoms with van der Waals surface area (Å²) in [5.41, 5.74) is 1.30. The maximum Gasteiger partial charge on any atom is 0.335 e. The number of hydrogen-bond donors (Lipinski definition) is 3. The minimum atomic E-state index is -0.924. The Morgan fingerprint density at radius 1 is 1.32 bits per heavy atom. The first kappa shape index (κ1) is 13.5. The molecule has 5 heteroatoms. The lowest BCUT2D eigenvalue weighted by Crippen LogP contribution is -2.41. The smallest absolute Gasteiger partial charge is 0.335 e. The fourth-order valence-electron chi connectivity index (χ4n) is 2.18. The third kappa shape index (κ3) is 3.79. The molecule has 0 aromatic heterocycles. The number of hydrogen-bond acceptors (Lipinski definition) is 3. The third-order valence-corrected chi connectivity index (χ3v) is 3.29. The first-order valence-corrected chi connectivity index (χ1v) is 6.50. The first-order valence-electron chi connectivity index (χ1n) is 6.50. The summed E-state index contributed by atoms with van der Waals surface area (Å²) in [6, 6.07) is 6.68. The molecular formula is C14H18N2O3. The van der Waals surface area contributed by atoms with Crippen LogP contribution in [0.2, 0.25) is 0 Å². The van der Waals surface area contributed by atoms with Crippen molar-refractivity contribution in [1.82, 2.24) is 10.6 Å². The van der Waals surface area contributed by atoms with Gasteiger partial charge in [0.1, 0.15) is 0 Å². The van der Waals surface area contributed by atoms with Gasteiger partial charge in [-0.05, 0) is 43.5 Å². The van der Waals surface area contributed by atoms with E-state index in [1.807, 2.05) is 0 Å². The number of carbonyl (C=O) groups excluding carboxylic acids is 1. The molecule has 1 aromatic carbocycles. The average molecular weight is 262 g/mol. The Hall–Kier alpha value is -1.88. The predicted octanol–water partition coefficient (Wildman–Crippen LogP) is 0.795. The van der Waals surface area contributed by atoms with Crippen molar-refractivity contribution in [2.75, 3.05) is 13.1 Å². The number of carbonyl (C=O) groups is 2. The Morgan fingerprint density at radius 3 is 2.63 bits per heavy atom. The van der Waals surface area contributed by atoms with Gasteiger partial charge in [0.25, 0.3) is 0 Å². The van der Waals surface area contributed by atoms with Gasteiger partial charge in [0, 0.05) is 6.54 Å². The second kappa shape index (κ2) is 6.33. The van der Waals surface area contributed by atoms with Gasteiger partial charge in [0.2, 0.25) is 5.91 Å². The van der Waals surface area contributed by atoms with E-state index in [2.05, 4.69) is 10.6 Å². The monoisotopic (exact) mass is 262 g/mol. The molecule has 1 fully saturated rings. The van der Waals surface area contributed by atoms with Crippen LogP contribution >= 0.6 is 0 Å². The SMILES string of the molecule is O=C(O)c1ccc(CCNC(=O)[C@@H]2CCCN2)cc1. The summed E-state index contributed by atoms with van der Waals surface area (Å²) in [6.07, 6.45) is 2.66. The van der Waals surface area contributed by atoms with E-state index in [1.54, 1.807) is 24.3 Å². The highest BCUT2D eigenvalue weighted by molar-refractivity contribution is 5.87. The van der Waals surface area contributed by atoms with E-state index in [4.69, 9.17) is 5.11 Å². The molecule has 0 spiro atoms. The third-order valence-electron chi connectivity index (χ3n) is 3.29. The maximum absolute atomic E-state index is 11.7. The lowest BCUT2D eigenvalue weighted by atomic mass is 10.1. The molecule has 1 aromatic rings. The van der Waals surface area contributed by atoms with Crippen molar-refractivity contribution >= 4 is 11.9 Å². The number of nitrogens with one attached hydrogen (secondary N) is 2. The molecule has 5 nitrogen and oxygen atoms in total. The molecule has 0 unspecified atom stereocenters. The van der Waals surface area contributed by atoms with Crippen molar-refractivity contribution in [3.05, 3.63) is 35.4 Å². The summed E-state index contributed by atoms with van der Waals surface area (Å²) < 4.78 is 0. The van der Waals surface area contributed by atoms with Crippen LogP contribution in [-0.2, 0) is 11.2 Å². The van der Waals surface area contributed by atoms with E-state index in [-0.39, 0.29) is 17.5 Å². The molecule has 3 N–H and O–H groups in total. The van der Waals surface area contributed by atoms with Crippen molar-refractivity contribution in [2.24, 2.45) is 0 Å². The molecular weight excluding hydrogens is 244 g/mol. The summed E-state index contributed by atoms with van der Waals surface area (Å²) in [6.45, 7) is 1.48. The molecule has 1 aliphatic rings. The average Bonchev–Trinajstić information content (AvgIpc) is 2.93. The Labute approximate surface area is 112 Å². The molecule has 19 heavy (non-hydrogen) atoms. The summed E-state index contributed by atoms with van der Waals surface area (Å²) in [5, 5.41) is 14.8. The molecule has 1 atom stereocenters. The molecule has 1 heterocycles. The molecule has 0 radical (unpaired) electrons. The number of carboxylic acids is 1. The van der Waals surface area contributed by atoms with Gasteiger partial charge in [0.05, 0.1) is 11.6 Å². The van der Waals surface area contributed by atoms with Crippen molar-refractivity contribution in [1.29, 1.82) is 0 Å². The molecule has 102 valence electrons. The van der Waals surface area contributed by atoms with E-state index in [1.165, 1.54) is 0 Å². The van der Waals surface area contributed by atoms with Crippen molar-refractivity contribution < 1.29 is 14.7 Å². The standard InChI is InChI=1S/C14H18N2O3/c17-13(12-2-1-8-15-12)16-9-7-10-3-5-11(6-4-10)14(18)19/h3-6,12,15H,1-2,7-9H2,(H,16,17)(H,18,19)/t12-/m0/s1.